The van der Waals surface area contributed by atoms with Crippen molar-refractivity contribution in [2.45, 2.75) is 6.92 Å². The number of pyridine rings is 2. The SMILES string of the molecule is CCNc1cc(-c2cncc(NC(=O)c3ccccc3)c2)ccn1. The molecule has 1 amide bonds. The molecule has 24 heavy (non-hydrogen) atoms. The third-order valence-electron chi connectivity index (χ3n) is 3.48. The van der Waals surface area contributed by atoms with Gasteiger partial charge in [0.05, 0.1) is 11.9 Å². The lowest BCUT2D eigenvalue weighted by atomic mass is 10.1. The van der Waals surface area contributed by atoms with Crippen molar-refractivity contribution in [3.05, 3.63) is 72.7 Å². The van der Waals surface area contributed by atoms with E-state index < -0.39 is 0 Å². The maximum atomic E-state index is 12.2. The molecule has 0 fully saturated rings. The van der Waals surface area contributed by atoms with Crippen LogP contribution >= 0.6 is 0 Å². The molecule has 0 saturated carbocycles. The maximum absolute atomic E-state index is 12.2. The molecule has 120 valence electrons. The van der Waals surface area contributed by atoms with E-state index in [-0.39, 0.29) is 5.91 Å². The minimum absolute atomic E-state index is 0.155. The quantitative estimate of drug-likeness (QED) is 0.750. The largest absolute Gasteiger partial charge is 0.370 e. The van der Waals surface area contributed by atoms with Gasteiger partial charge in [-0.1, -0.05) is 18.2 Å². The van der Waals surface area contributed by atoms with E-state index in [1.807, 2.05) is 43.3 Å². The molecule has 0 bridgehead atoms. The summed E-state index contributed by atoms with van der Waals surface area (Å²) in [6.07, 6.45) is 5.16. The van der Waals surface area contributed by atoms with Crippen LogP contribution in [0.1, 0.15) is 17.3 Å². The summed E-state index contributed by atoms with van der Waals surface area (Å²) in [5, 5.41) is 6.06. The average Bonchev–Trinajstić information content (AvgIpc) is 2.63. The molecule has 3 aromatic rings. The van der Waals surface area contributed by atoms with Gasteiger partial charge in [-0.05, 0) is 42.8 Å². The topological polar surface area (TPSA) is 66.9 Å². The number of benzene rings is 1. The minimum Gasteiger partial charge on any atom is -0.370 e. The highest BCUT2D eigenvalue weighted by Gasteiger charge is 2.07. The summed E-state index contributed by atoms with van der Waals surface area (Å²) in [6, 6.07) is 14.9. The summed E-state index contributed by atoms with van der Waals surface area (Å²) in [5.41, 5.74) is 3.18. The fourth-order valence-electron chi connectivity index (χ4n) is 2.35. The predicted octanol–water partition coefficient (Wildman–Crippen LogP) is 3.83. The zero-order valence-electron chi connectivity index (χ0n) is 13.4. The minimum atomic E-state index is -0.155. The first-order chi connectivity index (χ1) is 11.8. The van der Waals surface area contributed by atoms with Crippen LogP contribution in [-0.4, -0.2) is 22.4 Å². The highest BCUT2D eigenvalue weighted by Crippen LogP contribution is 2.23. The van der Waals surface area contributed by atoms with Gasteiger partial charge in [-0.2, -0.15) is 0 Å². The van der Waals surface area contributed by atoms with Crippen LogP contribution in [0.5, 0.6) is 0 Å². The number of hydrogen-bond donors (Lipinski definition) is 2. The summed E-state index contributed by atoms with van der Waals surface area (Å²) in [6.45, 7) is 2.83. The Morgan fingerprint density at radius 3 is 2.67 bits per heavy atom. The van der Waals surface area contributed by atoms with Gasteiger partial charge in [0, 0.05) is 30.1 Å². The molecule has 3 rings (SSSR count). The van der Waals surface area contributed by atoms with Crippen molar-refractivity contribution >= 4 is 17.4 Å². The number of nitrogens with zero attached hydrogens (tertiary/aromatic N) is 2. The monoisotopic (exact) mass is 318 g/mol. The lowest BCUT2D eigenvalue weighted by Crippen LogP contribution is -2.11. The zero-order valence-corrected chi connectivity index (χ0v) is 13.4. The normalized spacial score (nSPS) is 10.2. The van der Waals surface area contributed by atoms with Gasteiger partial charge in [0.25, 0.3) is 5.91 Å². The number of rotatable bonds is 5. The fraction of sp³-hybridized carbons (Fsp3) is 0.105. The molecular formula is C19H18N4O. The Bertz CT molecular complexity index is 834. The first-order valence-electron chi connectivity index (χ1n) is 7.78. The molecule has 1 aromatic carbocycles. The van der Waals surface area contributed by atoms with E-state index in [0.29, 0.717) is 11.3 Å². The summed E-state index contributed by atoms with van der Waals surface area (Å²) < 4.78 is 0. The van der Waals surface area contributed by atoms with Gasteiger partial charge in [-0.25, -0.2) is 4.98 Å². The number of amides is 1. The first-order valence-corrected chi connectivity index (χ1v) is 7.78. The fourth-order valence-corrected chi connectivity index (χ4v) is 2.35. The van der Waals surface area contributed by atoms with Crippen LogP contribution in [0.4, 0.5) is 11.5 Å². The lowest BCUT2D eigenvalue weighted by Gasteiger charge is -2.08. The van der Waals surface area contributed by atoms with E-state index >= 15 is 0 Å². The summed E-state index contributed by atoms with van der Waals surface area (Å²) in [5.74, 6) is 0.659. The van der Waals surface area contributed by atoms with E-state index in [2.05, 4.69) is 20.6 Å². The summed E-state index contributed by atoms with van der Waals surface area (Å²) >= 11 is 0. The van der Waals surface area contributed by atoms with Crippen molar-refractivity contribution in [1.29, 1.82) is 0 Å². The molecule has 0 atom stereocenters. The smallest absolute Gasteiger partial charge is 0.255 e. The van der Waals surface area contributed by atoms with Crippen LogP contribution < -0.4 is 10.6 Å². The second kappa shape index (κ2) is 7.37. The average molecular weight is 318 g/mol. The van der Waals surface area contributed by atoms with Crippen molar-refractivity contribution in [3.8, 4) is 11.1 Å². The molecule has 0 aliphatic carbocycles. The molecule has 2 heterocycles. The van der Waals surface area contributed by atoms with Gasteiger partial charge >= 0.3 is 0 Å². The summed E-state index contributed by atoms with van der Waals surface area (Å²) in [7, 11) is 0. The third kappa shape index (κ3) is 3.76. The number of hydrogen-bond acceptors (Lipinski definition) is 4. The number of aromatic nitrogens is 2. The molecule has 0 aliphatic heterocycles. The van der Waals surface area contributed by atoms with Crippen LogP contribution in [0.3, 0.4) is 0 Å². The molecule has 5 nitrogen and oxygen atoms in total. The van der Waals surface area contributed by atoms with Crippen LogP contribution in [0, 0.1) is 0 Å². The molecule has 2 aromatic heterocycles. The molecular weight excluding hydrogens is 300 g/mol. The van der Waals surface area contributed by atoms with Crippen LogP contribution in [0.15, 0.2) is 67.1 Å². The third-order valence-corrected chi connectivity index (χ3v) is 3.48. The Morgan fingerprint density at radius 2 is 1.88 bits per heavy atom. The molecule has 0 saturated heterocycles. The zero-order chi connectivity index (χ0) is 16.8. The van der Waals surface area contributed by atoms with Crippen LogP contribution in [-0.2, 0) is 0 Å². The molecule has 0 aliphatic rings. The lowest BCUT2D eigenvalue weighted by molar-refractivity contribution is 0.102. The van der Waals surface area contributed by atoms with Crippen LogP contribution in [0.25, 0.3) is 11.1 Å². The second-order valence-corrected chi connectivity index (χ2v) is 5.24. The van der Waals surface area contributed by atoms with E-state index in [4.69, 9.17) is 0 Å². The van der Waals surface area contributed by atoms with Crippen molar-refractivity contribution in [3.63, 3.8) is 0 Å². The van der Waals surface area contributed by atoms with Gasteiger partial charge in [-0.15, -0.1) is 0 Å². The highest BCUT2D eigenvalue weighted by molar-refractivity contribution is 6.04. The molecule has 5 heteroatoms. The Morgan fingerprint density at radius 1 is 1.04 bits per heavy atom. The van der Waals surface area contributed by atoms with Crippen molar-refractivity contribution in [2.75, 3.05) is 17.2 Å². The number of carbonyl (C=O) groups excluding carboxylic acids is 1. The maximum Gasteiger partial charge on any atom is 0.255 e. The molecule has 0 unspecified atom stereocenters. The van der Waals surface area contributed by atoms with E-state index in [1.54, 1.807) is 30.7 Å². The van der Waals surface area contributed by atoms with E-state index in [9.17, 15) is 4.79 Å². The second-order valence-electron chi connectivity index (χ2n) is 5.24. The van der Waals surface area contributed by atoms with Gasteiger partial charge in [0.15, 0.2) is 0 Å². The van der Waals surface area contributed by atoms with Gasteiger partial charge in [-0.3, -0.25) is 9.78 Å². The van der Waals surface area contributed by atoms with E-state index in [0.717, 1.165) is 23.5 Å². The van der Waals surface area contributed by atoms with Crippen molar-refractivity contribution < 1.29 is 4.79 Å². The van der Waals surface area contributed by atoms with Crippen molar-refractivity contribution in [1.82, 2.24) is 9.97 Å². The molecule has 2 N–H and O–H groups in total. The van der Waals surface area contributed by atoms with E-state index in [1.165, 1.54) is 0 Å². The number of carbonyl (C=O) groups is 1. The van der Waals surface area contributed by atoms with Crippen molar-refractivity contribution in [2.24, 2.45) is 0 Å². The van der Waals surface area contributed by atoms with Gasteiger partial charge in [0.1, 0.15) is 5.82 Å². The Hall–Kier alpha value is -3.21. The molecule has 0 spiro atoms. The standard InChI is InChI=1S/C19H18N4O/c1-2-21-18-11-15(8-9-22-18)16-10-17(13-20-12-16)23-19(24)14-6-4-3-5-7-14/h3-13H,2H2,1H3,(H,21,22)(H,23,24). The molecule has 0 radical (unpaired) electrons. The number of anilines is 2. The van der Waals surface area contributed by atoms with Gasteiger partial charge < -0.3 is 10.6 Å². The Kier molecular flexibility index (Phi) is 4.81. The Labute approximate surface area is 140 Å². The summed E-state index contributed by atoms with van der Waals surface area (Å²) in [4.78, 5) is 20.7. The van der Waals surface area contributed by atoms with Gasteiger partial charge in [0.2, 0.25) is 0 Å². The first kappa shape index (κ1) is 15.7. The Balaban J connectivity index is 1.82. The predicted molar refractivity (Wildman–Crippen MR) is 96.0 cm³/mol. The highest BCUT2D eigenvalue weighted by atomic mass is 16.1. The number of nitrogens with one attached hydrogen (secondary N) is 2. The van der Waals surface area contributed by atoms with Crippen LogP contribution in [0.2, 0.25) is 0 Å².